The Morgan fingerprint density at radius 1 is 1.26 bits per heavy atom. The molecule has 0 saturated carbocycles. The third-order valence-electron chi connectivity index (χ3n) is 5.96. The molecule has 1 amide bonds. The first-order valence-corrected chi connectivity index (χ1v) is 10.6. The van der Waals surface area contributed by atoms with E-state index in [0.29, 0.717) is 6.54 Å². The highest BCUT2D eigenvalue weighted by Gasteiger charge is 2.19. The number of pyridine rings is 1. The van der Waals surface area contributed by atoms with E-state index in [4.69, 9.17) is 4.74 Å². The molecule has 7 nitrogen and oxygen atoms in total. The number of amides is 1. The lowest BCUT2D eigenvalue weighted by molar-refractivity contribution is -0.134. The van der Waals surface area contributed by atoms with Gasteiger partial charge in [0, 0.05) is 46.0 Å². The van der Waals surface area contributed by atoms with Gasteiger partial charge in [0.2, 0.25) is 5.91 Å². The summed E-state index contributed by atoms with van der Waals surface area (Å²) in [6, 6.07) is 8.69. The largest absolute Gasteiger partial charge is 0.375 e. The van der Waals surface area contributed by atoms with Crippen LogP contribution >= 0.6 is 0 Å². The Kier molecular flexibility index (Phi) is 6.04. The molecule has 7 heteroatoms. The van der Waals surface area contributed by atoms with Crippen LogP contribution < -0.4 is 4.90 Å². The molecule has 31 heavy (non-hydrogen) atoms. The number of hydrogen-bond donors (Lipinski definition) is 0. The number of ether oxygens (including phenoxy) is 1. The highest BCUT2D eigenvalue weighted by molar-refractivity contribution is 5.81. The second-order valence-corrected chi connectivity index (χ2v) is 7.89. The molecule has 0 N–H and O–H groups in total. The minimum atomic E-state index is 0.0434. The first-order chi connectivity index (χ1) is 15.0. The van der Waals surface area contributed by atoms with Crippen LogP contribution in [0.4, 0.5) is 11.5 Å². The molecule has 0 unspecified atom stereocenters. The van der Waals surface area contributed by atoms with E-state index < -0.39 is 0 Å². The first kappa shape index (κ1) is 21.1. The van der Waals surface area contributed by atoms with Crippen LogP contribution in [0.3, 0.4) is 0 Å². The summed E-state index contributed by atoms with van der Waals surface area (Å²) in [6.07, 6.45) is 7.57. The van der Waals surface area contributed by atoms with Crippen LogP contribution in [0.15, 0.2) is 42.9 Å². The zero-order valence-corrected chi connectivity index (χ0v) is 18.6. The Bertz CT molecular complexity index is 1130. The number of aryl methyl sites for hydroxylation is 2. The molecular weight excluding hydrogens is 390 g/mol. The van der Waals surface area contributed by atoms with E-state index in [2.05, 4.69) is 59.2 Å². The topological polar surface area (TPSA) is 63.5 Å². The van der Waals surface area contributed by atoms with E-state index in [1.807, 2.05) is 29.0 Å². The van der Waals surface area contributed by atoms with Gasteiger partial charge in [-0.15, -0.1) is 0 Å². The summed E-state index contributed by atoms with van der Waals surface area (Å²) >= 11 is 0. The van der Waals surface area contributed by atoms with Crippen LogP contribution in [-0.2, 0) is 23.0 Å². The number of carbonyl (C=O) groups excluding carboxylic acids is 1. The van der Waals surface area contributed by atoms with E-state index in [1.54, 1.807) is 7.11 Å². The fourth-order valence-corrected chi connectivity index (χ4v) is 4.09. The summed E-state index contributed by atoms with van der Waals surface area (Å²) < 4.78 is 6.98. The van der Waals surface area contributed by atoms with Gasteiger partial charge in [-0.1, -0.05) is 19.1 Å². The first-order valence-electron chi connectivity index (χ1n) is 10.6. The van der Waals surface area contributed by atoms with E-state index in [9.17, 15) is 4.79 Å². The summed E-state index contributed by atoms with van der Waals surface area (Å²) in [5.74, 6) is 0.935. The highest BCUT2D eigenvalue weighted by atomic mass is 16.5. The second kappa shape index (κ2) is 8.89. The Hall–Kier alpha value is -3.19. The zero-order valence-electron chi connectivity index (χ0n) is 18.6. The number of methoxy groups -OCH3 is 1. The van der Waals surface area contributed by atoms with Crippen molar-refractivity contribution in [3.8, 4) is 0 Å². The van der Waals surface area contributed by atoms with Crippen molar-refractivity contribution in [2.45, 2.75) is 19.8 Å². The number of rotatable bonds is 6. The molecule has 1 aliphatic rings. The van der Waals surface area contributed by atoms with E-state index >= 15 is 0 Å². The molecule has 0 radical (unpaired) electrons. The Labute approximate surface area is 183 Å². The molecule has 0 spiro atoms. The third-order valence-corrected chi connectivity index (χ3v) is 5.96. The predicted octanol–water partition coefficient (Wildman–Crippen LogP) is 3.56. The molecule has 1 aliphatic heterocycles. The van der Waals surface area contributed by atoms with Crippen LogP contribution in [0.1, 0.15) is 24.5 Å². The van der Waals surface area contributed by atoms with Crippen LogP contribution in [0.25, 0.3) is 16.6 Å². The molecule has 0 aliphatic carbocycles. The van der Waals surface area contributed by atoms with Gasteiger partial charge in [-0.2, -0.15) is 0 Å². The molecule has 4 rings (SSSR count). The zero-order chi connectivity index (χ0) is 22.0. The number of carbonyl (C=O) groups is 1. The van der Waals surface area contributed by atoms with Gasteiger partial charge in [0.15, 0.2) is 0 Å². The number of fused-ring (bicyclic) bond motifs is 1. The van der Waals surface area contributed by atoms with Gasteiger partial charge in [-0.25, -0.2) is 9.97 Å². The number of hydrogen-bond acceptors (Lipinski definition) is 5. The molecule has 1 aromatic carbocycles. The average Bonchev–Trinajstić information content (AvgIpc) is 3.18. The quantitative estimate of drug-likeness (QED) is 0.611. The van der Waals surface area contributed by atoms with Crippen molar-refractivity contribution in [2.24, 2.45) is 7.05 Å². The normalized spacial score (nSPS) is 14.1. The van der Waals surface area contributed by atoms with Crippen molar-refractivity contribution in [3.63, 3.8) is 0 Å². The molecule has 0 saturated heterocycles. The Morgan fingerprint density at radius 2 is 2.10 bits per heavy atom. The molecule has 0 fully saturated rings. The minimum Gasteiger partial charge on any atom is -0.375 e. The maximum absolute atomic E-state index is 12.0. The van der Waals surface area contributed by atoms with Crippen molar-refractivity contribution >= 4 is 34.0 Å². The molecule has 0 atom stereocenters. The Balaban J connectivity index is 1.58. The summed E-state index contributed by atoms with van der Waals surface area (Å²) in [4.78, 5) is 25.0. The van der Waals surface area contributed by atoms with Crippen LogP contribution in [0.5, 0.6) is 0 Å². The summed E-state index contributed by atoms with van der Waals surface area (Å²) in [7, 11) is 5.60. The lowest BCUT2D eigenvalue weighted by atomic mass is 9.96. The van der Waals surface area contributed by atoms with Gasteiger partial charge < -0.3 is 19.1 Å². The smallest absolute Gasteiger partial charge is 0.248 e. The van der Waals surface area contributed by atoms with Gasteiger partial charge in [-0.05, 0) is 41.7 Å². The van der Waals surface area contributed by atoms with Crippen LogP contribution in [0.2, 0.25) is 0 Å². The van der Waals surface area contributed by atoms with Crippen LogP contribution in [-0.4, -0.2) is 59.2 Å². The van der Waals surface area contributed by atoms with Crippen LogP contribution in [0, 0.1) is 0 Å². The van der Waals surface area contributed by atoms with Gasteiger partial charge >= 0.3 is 0 Å². The SMILES string of the molecule is CCc1cc(C2=CCN(C(=O)COC)CC2)ccc1N(C)c1cc2c(cn1)ncn2C. The highest BCUT2D eigenvalue weighted by Crippen LogP contribution is 2.32. The van der Waals surface area contributed by atoms with Gasteiger partial charge in [0.1, 0.15) is 17.9 Å². The van der Waals surface area contributed by atoms with Crippen molar-refractivity contribution < 1.29 is 9.53 Å². The maximum Gasteiger partial charge on any atom is 0.248 e. The maximum atomic E-state index is 12.0. The molecule has 3 heterocycles. The summed E-state index contributed by atoms with van der Waals surface area (Å²) in [5, 5.41) is 0. The van der Waals surface area contributed by atoms with Gasteiger partial charge in [-0.3, -0.25) is 4.79 Å². The van der Waals surface area contributed by atoms with Crippen molar-refractivity contribution in [2.75, 3.05) is 38.8 Å². The lowest BCUT2D eigenvalue weighted by Crippen LogP contribution is -2.36. The molecule has 162 valence electrons. The minimum absolute atomic E-state index is 0.0434. The number of imidazole rings is 1. The van der Waals surface area contributed by atoms with Gasteiger partial charge in [0.25, 0.3) is 0 Å². The summed E-state index contributed by atoms with van der Waals surface area (Å²) in [5.41, 5.74) is 6.89. The third kappa shape index (κ3) is 4.18. The Morgan fingerprint density at radius 3 is 2.81 bits per heavy atom. The molecule has 0 bridgehead atoms. The van der Waals surface area contributed by atoms with E-state index in [-0.39, 0.29) is 12.5 Å². The monoisotopic (exact) mass is 419 g/mol. The van der Waals surface area contributed by atoms with Crippen molar-refractivity contribution in [1.29, 1.82) is 0 Å². The van der Waals surface area contributed by atoms with Gasteiger partial charge in [0.05, 0.1) is 18.0 Å². The standard InChI is InChI=1S/C24H29N5O2/c1-5-17-12-19(18-8-10-29(11-9-18)24(30)15-31-4)6-7-21(17)28(3)23-13-22-20(14-25-23)26-16-27(22)2/h6-8,12-14,16H,5,9-11,15H2,1-4H3. The van der Waals surface area contributed by atoms with E-state index in [1.165, 1.54) is 16.7 Å². The second-order valence-electron chi connectivity index (χ2n) is 7.89. The number of nitrogens with zero attached hydrogens (tertiary/aromatic N) is 5. The molecule has 2 aromatic heterocycles. The van der Waals surface area contributed by atoms with E-state index in [0.717, 1.165) is 41.9 Å². The summed E-state index contributed by atoms with van der Waals surface area (Å²) in [6.45, 7) is 3.68. The van der Waals surface area contributed by atoms with Crippen molar-refractivity contribution in [1.82, 2.24) is 19.4 Å². The number of aromatic nitrogens is 3. The average molecular weight is 420 g/mol. The number of anilines is 2. The fraction of sp³-hybridized carbons (Fsp3) is 0.375. The molecular formula is C24H29N5O2. The lowest BCUT2D eigenvalue weighted by Gasteiger charge is -2.27. The molecule has 3 aromatic rings. The predicted molar refractivity (Wildman–Crippen MR) is 123 cm³/mol. The fourth-order valence-electron chi connectivity index (χ4n) is 4.09. The van der Waals surface area contributed by atoms with Crippen molar-refractivity contribution in [3.05, 3.63) is 54.0 Å². The number of benzene rings is 1.